The molecule has 2 rings (SSSR count). The minimum Gasteiger partial charge on any atom is -0.406 e. The van der Waals surface area contributed by atoms with E-state index in [4.69, 9.17) is 0 Å². The van der Waals surface area contributed by atoms with E-state index >= 15 is 0 Å². The number of nitrogens with one attached hydrogen (secondary N) is 1. The van der Waals surface area contributed by atoms with Crippen LogP contribution in [0.5, 0.6) is 5.75 Å². The molecule has 0 fully saturated rings. The maximum atomic E-state index is 12.1. The summed E-state index contributed by atoms with van der Waals surface area (Å²) in [6.45, 7) is 0.0362. The van der Waals surface area contributed by atoms with Gasteiger partial charge in [-0.05, 0) is 29.8 Å². The lowest BCUT2D eigenvalue weighted by Gasteiger charge is -2.12. The van der Waals surface area contributed by atoms with Crippen LogP contribution in [0.25, 0.3) is 0 Å². The van der Waals surface area contributed by atoms with Crippen LogP contribution in [0, 0.1) is 0 Å². The second kappa shape index (κ2) is 7.83. The average Bonchev–Trinajstić information content (AvgIpc) is 2.53. The van der Waals surface area contributed by atoms with E-state index < -0.39 is 24.1 Å². The Labute approximate surface area is 136 Å². The molecular weight excluding hydrogens is 323 g/mol. The zero-order valence-corrected chi connectivity index (χ0v) is 12.6. The van der Waals surface area contributed by atoms with Crippen molar-refractivity contribution in [2.75, 3.05) is 6.54 Å². The third kappa shape index (κ3) is 5.92. The van der Waals surface area contributed by atoms with Gasteiger partial charge >= 0.3 is 6.36 Å². The largest absolute Gasteiger partial charge is 0.573 e. The summed E-state index contributed by atoms with van der Waals surface area (Å²) in [5.41, 5.74) is 1.12. The van der Waals surface area contributed by atoms with E-state index in [0.717, 1.165) is 17.7 Å². The van der Waals surface area contributed by atoms with Crippen LogP contribution < -0.4 is 10.1 Å². The van der Waals surface area contributed by atoms with E-state index in [0.29, 0.717) is 6.42 Å². The van der Waals surface area contributed by atoms with Crippen LogP contribution in [0.2, 0.25) is 0 Å². The average molecular weight is 339 g/mol. The van der Waals surface area contributed by atoms with Crippen molar-refractivity contribution in [3.05, 3.63) is 65.7 Å². The predicted molar refractivity (Wildman–Crippen MR) is 81.6 cm³/mol. The van der Waals surface area contributed by atoms with Gasteiger partial charge in [-0.3, -0.25) is 4.79 Å². The predicted octanol–water partition coefficient (Wildman–Crippen LogP) is 2.92. The van der Waals surface area contributed by atoms with Gasteiger partial charge in [-0.2, -0.15) is 0 Å². The molecule has 24 heavy (non-hydrogen) atoms. The molecule has 2 aromatic carbocycles. The van der Waals surface area contributed by atoms with Gasteiger partial charge in [-0.25, -0.2) is 0 Å². The Hall–Kier alpha value is -2.54. The molecule has 7 heteroatoms. The Morgan fingerprint density at radius 2 is 1.71 bits per heavy atom. The maximum Gasteiger partial charge on any atom is 0.573 e. The number of aliphatic hydroxyl groups is 1. The molecule has 128 valence electrons. The van der Waals surface area contributed by atoms with Crippen LogP contribution in [-0.4, -0.2) is 30.0 Å². The molecule has 2 aromatic rings. The molecule has 0 aliphatic carbocycles. The van der Waals surface area contributed by atoms with Crippen molar-refractivity contribution in [1.82, 2.24) is 5.32 Å². The first-order valence-corrected chi connectivity index (χ1v) is 7.19. The second-order valence-electron chi connectivity index (χ2n) is 5.13. The van der Waals surface area contributed by atoms with Crippen molar-refractivity contribution in [1.29, 1.82) is 0 Å². The van der Waals surface area contributed by atoms with Gasteiger partial charge in [0.15, 0.2) is 0 Å². The number of amides is 1. The van der Waals surface area contributed by atoms with Gasteiger partial charge in [0.05, 0.1) is 6.10 Å². The van der Waals surface area contributed by atoms with E-state index in [2.05, 4.69) is 10.1 Å². The van der Waals surface area contributed by atoms with E-state index in [1.165, 1.54) is 12.1 Å². The van der Waals surface area contributed by atoms with Crippen molar-refractivity contribution in [3.63, 3.8) is 0 Å². The lowest BCUT2D eigenvalue weighted by Crippen LogP contribution is -2.33. The molecule has 1 amide bonds. The van der Waals surface area contributed by atoms with Crippen LogP contribution in [0.15, 0.2) is 54.6 Å². The van der Waals surface area contributed by atoms with Crippen molar-refractivity contribution in [2.45, 2.75) is 18.9 Å². The zero-order valence-electron chi connectivity index (χ0n) is 12.6. The Morgan fingerprint density at radius 1 is 1.08 bits per heavy atom. The number of hydrogen-bond acceptors (Lipinski definition) is 3. The van der Waals surface area contributed by atoms with E-state index in [9.17, 15) is 23.1 Å². The highest BCUT2D eigenvalue weighted by Crippen LogP contribution is 2.22. The smallest absolute Gasteiger partial charge is 0.406 e. The topological polar surface area (TPSA) is 58.6 Å². The van der Waals surface area contributed by atoms with Crippen molar-refractivity contribution in [3.8, 4) is 5.75 Å². The monoisotopic (exact) mass is 339 g/mol. The van der Waals surface area contributed by atoms with Crippen LogP contribution >= 0.6 is 0 Å². The Kier molecular flexibility index (Phi) is 5.81. The molecule has 0 spiro atoms. The molecular formula is C17H16F3NO3. The van der Waals surface area contributed by atoms with E-state index in [1.54, 1.807) is 0 Å². The summed E-state index contributed by atoms with van der Waals surface area (Å²) >= 11 is 0. The normalized spacial score (nSPS) is 12.5. The number of carbonyl (C=O) groups excluding carboxylic acids is 1. The van der Waals surface area contributed by atoms with Crippen LogP contribution in [0.4, 0.5) is 13.2 Å². The maximum absolute atomic E-state index is 12.1. The minimum absolute atomic E-state index is 0.0362. The zero-order chi connectivity index (χ0) is 17.6. The molecule has 0 radical (unpaired) electrons. The highest BCUT2D eigenvalue weighted by atomic mass is 19.4. The second-order valence-corrected chi connectivity index (χ2v) is 5.13. The third-order valence-corrected chi connectivity index (χ3v) is 3.16. The summed E-state index contributed by atoms with van der Waals surface area (Å²) < 4.78 is 39.9. The fourth-order valence-electron chi connectivity index (χ4n) is 2.08. The summed E-state index contributed by atoms with van der Waals surface area (Å²) in [5, 5.41) is 12.4. The fraction of sp³-hybridized carbons (Fsp3) is 0.235. The molecule has 0 aromatic heterocycles. The molecule has 0 aliphatic heterocycles. The Morgan fingerprint density at radius 3 is 2.29 bits per heavy atom. The molecule has 0 heterocycles. The lowest BCUT2D eigenvalue weighted by molar-refractivity contribution is -0.274. The SMILES string of the molecule is O=C(NC[C@H](O)Cc1ccccc1)c1ccc(OC(F)(F)F)cc1. The van der Waals surface area contributed by atoms with Gasteiger partial charge in [0, 0.05) is 18.5 Å². The number of benzene rings is 2. The highest BCUT2D eigenvalue weighted by Gasteiger charge is 2.31. The summed E-state index contributed by atoms with van der Waals surface area (Å²) in [6.07, 6.45) is -5.14. The number of alkyl halides is 3. The van der Waals surface area contributed by atoms with Gasteiger partial charge in [0.1, 0.15) is 5.75 Å². The van der Waals surface area contributed by atoms with Crippen LogP contribution in [-0.2, 0) is 6.42 Å². The van der Waals surface area contributed by atoms with Crippen molar-refractivity contribution in [2.24, 2.45) is 0 Å². The number of rotatable bonds is 6. The molecule has 0 aliphatic rings. The summed E-state index contributed by atoms with van der Waals surface area (Å²) in [4.78, 5) is 11.9. The Bertz CT molecular complexity index is 657. The lowest BCUT2D eigenvalue weighted by atomic mass is 10.1. The third-order valence-electron chi connectivity index (χ3n) is 3.16. The molecule has 0 saturated carbocycles. The fourth-order valence-corrected chi connectivity index (χ4v) is 2.08. The molecule has 0 saturated heterocycles. The summed E-state index contributed by atoms with van der Waals surface area (Å²) in [7, 11) is 0. The first kappa shape index (κ1) is 17.8. The molecule has 0 unspecified atom stereocenters. The first-order chi connectivity index (χ1) is 11.3. The highest BCUT2D eigenvalue weighted by molar-refractivity contribution is 5.94. The van der Waals surface area contributed by atoms with Gasteiger partial charge in [0.2, 0.25) is 0 Å². The Balaban J connectivity index is 1.83. The molecule has 1 atom stereocenters. The van der Waals surface area contributed by atoms with Crippen molar-refractivity contribution < 1.29 is 27.8 Å². The van der Waals surface area contributed by atoms with Gasteiger partial charge < -0.3 is 15.2 Å². The number of carbonyl (C=O) groups is 1. The van der Waals surface area contributed by atoms with Crippen LogP contribution in [0.1, 0.15) is 15.9 Å². The number of hydrogen-bond donors (Lipinski definition) is 2. The molecule has 4 nitrogen and oxygen atoms in total. The standard InChI is InChI=1S/C17H16F3NO3/c18-17(19,20)24-15-8-6-13(7-9-15)16(23)21-11-14(22)10-12-4-2-1-3-5-12/h1-9,14,22H,10-11H2,(H,21,23)/t14-/m1/s1. The van der Waals surface area contributed by atoms with Crippen LogP contribution in [0.3, 0.4) is 0 Å². The van der Waals surface area contributed by atoms with Gasteiger partial charge in [0.25, 0.3) is 5.91 Å². The molecule has 0 bridgehead atoms. The minimum atomic E-state index is -4.77. The quantitative estimate of drug-likeness (QED) is 0.851. The summed E-state index contributed by atoms with van der Waals surface area (Å²) in [6, 6.07) is 13.9. The number of halogens is 3. The van der Waals surface area contributed by atoms with E-state index in [1.807, 2.05) is 30.3 Å². The number of aliphatic hydroxyl groups excluding tert-OH is 1. The first-order valence-electron chi connectivity index (χ1n) is 7.19. The van der Waals surface area contributed by atoms with Gasteiger partial charge in [-0.15, -0.1) is 13.2 Å². The summed E-state index contributed by atoms with van der Waals surface area (Å²) in [5.74, 6) is -0.885. The van der Waals surface area contributed by atoms with E-state index in [-0.39, 0.29) is 12.1 Å². The van der Waals surface area contributed by atoms with Crippen molar-refractivity contribution >= 4 is 5.91 Å². The van der Waals surface area contributed by atoms with Gasteiger partial charge in [-0.1, -0.05) is 30.3 Å². The number of ether oxygens (including phenoxy) is 1. The molecule has 2 N–H and O–H groups in total.